The second kappa shape index (κ2) is 9.12. The molecule has 1 fully saturated rings. The lowest BCUT2D eigenvalue weighted by Gasteiger charge is -2.24. The van der Waals surface area contributed by atoms with Gasteiger partial charge in [-0.1, -0.05) is 0 Å². The lowest BCUT2D eigenvalue weighted by atomic mass is 10.2. The first-order valence-corrected chi connectivity index (χ1v) is 9.13. The Bertz CT molecular complexity index is 805. The lowest BCUT2D eigenvalue weighted by Crippen LogP contribution is -2.45. The van der Waals surface area contributed by atoms with E-state index < -0.39 is 6.04 Å². The second-order valence-corrected chi connectivity index (χ2v) is 6.33. The molecule has 0 spiro atoms. The van der Waals surface area contributed by atoms with Gasteiger partial charge < -0.3 is 19.5 Å². The Labute approximate surface area is 164 Å². The number of nitrogens with zero attached hydrogens (tertiary/aromatic N) is 1. The van der Waals surface area contributed by atoms with Gasteiger partial charge in [-0.05, 0) is 55.0 Å². The number of nitrogens with one attached hydrogen (secondary N) is 1. The number of carbonyl (C=O) groups is 2. The van der Waals surface area contributed by atoms with Crippen LogP contribution >= 0.6 is 0 Å². The molecule has 2 aromatic carbocycles. The van der Waals surface area contributed by atoms with E-state index in [1.165, 1.54) is 0 Å². The highest BCUT2D eigenvalue weighted by Gasteiger charge is 2.36. The van der Waals surface area contributed by atoms with E-state index in [9.17, 15) is 9.59 Å². The van der Waals surface area contributed by atoms with Gasteiger partial charge in [0.1, 0.15) is 29.9 Å². The zero-order valence-electron chi connectivity index (χ0n) is 16.0. The van der Waals surface area contributed by atoms with Crippen LogP contribution in [0.4, 0.5) is 5.69 Å². The Morgan fingerprint density at radius 2 is 1.57 bits per heavy atom. The third-order valence-corrected chi connectivity index (χ3v) is 4.59. The van der Waals surface area contributed by atoms with Crippen LogP contribution in [0.25, 0.3) is 0 Å². The van der Waals surface area contributed by atoms with Crippen molar-refractivity contribution >= 4 is 17.5 Å². The summed E-state index contributed by atoms with van der Waals surface area (Å²) in [5.41, 5.74) is 0.693. The molecule has 7 heteroatoms. The molecule has 3 rings (SSSR count). The second-order valence-electron chi connectivity index (χ2n) is 6.33. The number of carbonyl (C=O) groups excluding carboxylic acids is 2. The first-order valence-electron chi connectivity index (χ1n) is 9.13. The highest BCUT2D eigenvalue weighted by molar-refractivity contribution is 6.03. The quantitative estimate of drug-likeness (QED) is 0.707. The first-order chi connectivity index (χ1) is 13.6. The van der Waals surface area contributed by atoms with Gasteiger partial charge in [0.15, 0.2) is 0 Å². The minimum atomic E-state index is -0.512. The zero-order valence-corrected chi connectivity index (χ0v) is 16.0. The van der Waals surface area contributed by atoms with Gasteiger partial charge in [0.25, 0.3) is 0 Å². The number of hydrogen-bond acceptors (Lipinski definition) is 5. The molecule has 2 aromatic rings. The van der Waals surface area contributed by atoms with Gasteiger partial charge in [0.05, 0.1) is 20.8 Å². The van der Waals surface area contributed by atoms with Gasteiger partial charge in [0.2, 0.25) is 11.8 Å². The normalized spacial score (nSPS) is 16.0. The van der Waals surface area contributed by atoms with Gasteiger partial charge in [-0.15, -0.1) is 0 Å². The number of ether oxygens (including phenoxy) is 3. The van der Waals surface area contributed by atoms with E-state index in [-0.39, 0.29) is 11.8 Å². The fourth-order valence-electron chi connectivity index (χ4n) is 3.13. The molecule has 1 N–H and O–H groups in total. The average molecular weight is 384 g/mol. The molecule has 1 heterocycles. The lowest BCUT2D eigenvalue weighted by molar-refractivity contribution is -0.124. The zero-order chi connectivity index (χ0) is 19.9. The van der Waals surface area contributed by atoms with Crippen molar-refractivity contribution in [3.8, 4) is 17.2 Å². The minimum Gasteiger partial charge on any atom is -0.497 e. The SMILES string of the molecule is COc1ccc(OCCNC(=O)C2CCC(=O)N2c2ccc(OC)cc2)cc1. The number of amides is 2. The smallest absolute Gasteiger partial charge is 0.243 e. The molecule has 0 aliphatic carbocycles. The van der Waals surface area contributed by atoms with Crippen molar-refractivity contribution in [1.29, 1.82) is 0 Å². The molecule has 0 radical (unpaired) electrons. The summed E-state index contributed by atoms with van der Waals surface area (Å²) in [5.74, 6) is 1.92. The number of benzene rings is 2. The minimum absolute atomic E-state index is 0.0557. The van der Waals surface area contributed by atoms with Crippen LogP contribution < -0.4 is 24.4 Å². The van der Waals surface area contributed by atoms with Gasteiger partial charge in [-0.2, -0.15) is 0 Å². The highest BCUT2D eigenvalue weighted by Crippen LogP contribution is 2.28. The van der Waals surface area contributed by atoms with Crippen LogP contribution in [0.15, 0.2) is 48.5 Å². The Balaban J connectivity index is 1.52. The van der Waals surface area contributed by atoms with Crippen molar-refractivity contribution in [3.63, 3.8) is 0 Å². The van der Waals surface area contributed by atoms with E-state index in [2.05, 4.69) is 5.32 Å². The van der Waals surface area contributed by atoms with Gasteiger partial charge >= 0.3 is 0 Å². The van der Waals surface area contributed by atoms with Crippen LogP contribution in [0.2, 0.25) is 0 Å². The Kier molecular flexibility index (Phi) is 6.37. The summed E-state index contributed by atoms with van der Waals surface area (Å²) in [7, 11) is 3.19. The standard InChI is InChI=1S/C21H24N2O5/c1-26-16-5-3-15(4-6-16)23-19(11-12-20(23)24)21(25)22-13-14-28-18-9-7-17(27-2)8-10-18/h3-10,19H,11-14H2,1-2H3,(H,22,25). The molecule has 1 saturated heterocycles. The summed E-state index contributed by atoms with van der Waals surface area (Å²) in [6.45, 7) is 0.688. The Morgan fingerprint density at radius 1 is 1.00 bits per heavy atom. The average Bonchev–Trinajstić information content (AvgIpc) is 3.13. The largest absolute Gasteiger partial charge is 0.497 e. The van der Waals surface area contributed by atoms with Gasteiger partial charge in [-0.25, -0.2) is 0 Å². The molecule has 0 aromatic heterocycles. The Hall–Kier alpha value is -3.22. The van der Waals surface area contributed by atoms with E-state index in [1.807, 2.05) is 24.3 Å². The fourth-order valence-corrected chi connectivity index (χ4v) is 3.13. The molecule has 1 aliphatic heterocycles. The molecule has 0 bridgehead atoms. The molecule has 0 saturated carbocycles. The molecule has 1 atom stereocenters. The molecule has 7 nitrogen and oxygen atoms in total. The van der Waals surface area contributed by atoms with Crippen molar-refractivity contribution < 1.29 is 23.8 Å². The van der Waals surface area contributed by atoms with E-state index in [0.29, 0.717) is 43.2 Å². The summed E-state index contributed by atoms with van der Waals surface area (Å²) < 4.78 is 15.9. The molecule has 28 heavy (non-hydrogen) atoms. The van der Waals surface area contributed by atoms with Gasteiger partial charge in [-0.3, -0.25) is 14.5 Å². The van der Waals surface area contributed by atoms with Crippen LogP contribution in [0.1, 0.15) is 12.8 Å². The number of methoxy groups -OCH3 is 2. The molecule has 1 unspecified atom stereocenters. The first kappa shape index (κ1) is 19.5. The highest BCUT2D eigenvalue weighted by atomic mass is 16.5. The van der Waals surface area contributed by atoms with E-state index in [1.54, 1.807) is 43.4 Å². The summed E-state index contributed by atoms with van der Waals surface area (Å²) in [6, 6.07) is 13.8. The molecule has 1 aliphatic rings. The summed E-state index contributed by atoms with van der Waals surface area (Å²) in [6.07, 6.45) is 0.850. The predicted octanol–water partition coefficient (Wildman–Crippen LogP) is 2.39. The maximum absolute atomic E-state index is 12.6. The van der Waals surface area contributed by atoms with Crippen molar-refractivity contribution in [1.82, 2.24) is 5.32 Å². The third-order valence-electron chi connectivity index (χ3n) is 4.59. The van der Waals surface area contributed by atoms with Gasteiger partial charge in [0, 0.05) is 12.1 Å². The monoisotopic (exact) mass is 384 g/mol. The van der Waals surface area contributed by atoms with Crippen molar-refractivity contribution in [3.05, 3.63) is 48.5 Å². The van der Waals surface area contributed by atoms with E-state index >= 15 is 0 Å². The molecular formula is C21H24N2O5. The van der Waals surface area contributed by atoms with Crippen LogP contribution in [0.3, 0.4) is 0 Å². The third kappa shape index (κ3) is 4.54. The number of anilines is 1. The number of rotatable bonds is 8. The van der Waals surface area contributed by atoms with Crippen molar-refractivity contribution in [2.24, 2.45) is 0 Å². The van der Waals surface area contributed by atoms with Crippen LogP contribution in [-0.2, 0) is 9.59 Å². The maximum Gasteiger partial charge on any atom is 0.243 e. The maximum atomic E-state index is 12.6. The summed E-state index contributed by atoms with van der Waals surface area (Å²) in [4.78, 5) is 26.4. The van der Waals surface area contributed by atoms with Crippen molar-refractivity contribution in [2.75, 3.05) is 32.3 Å². The van der Waals surface area contributed by atoms with Crippen LogP contribution in [0.5, 0.6) is 17.2 Å². The fraction of sp³-hybridized carbons (Fsp3) is 0.333. The van der Waals surface area contributed by atoms with E-state index in [0.717, 1.165) is 5.75 Å². The molecule has 148 valence electrons. The molecular weight excluding hydrogens is 360 g/mol. The predicted molar refractivity (Wildman–Crippen MR) is 105 cm³/mol. The number of hydrogen-bond donors (Lipinski definition) is 1. The van der Waals surface area contributed by atoms with E-state index in [4.69, 9.17) is 14.2 Å². The summed E-state index contributed by atoms with van der Waals surface area (Å²) in [5, 5.41) is 2.85. The summed E-state index contributed by atoms with van der Waals surface area (Å²) >= 11 is 0. The van der Waals surface area contributed by atoms with Crippen LogP contribution in [-0.4, -0.2) is 45.2 Å². The van der Waals surface area contributed by atoms with Crippen molar-refractivity contribution in [2.45, 2.75) is 18.9 Å². The Morgan fingerprint density at radius 3 is 2.18 bits per heavy atom. The molecule has 2 amide bonds. The topological polar surface area (TPSA) is 77.1 Å². The van der Waals surface area contributed by atoms with Crippen LogP contribution in [0, 0.1) is 0 Å².